The van der Waals surface area contributed by atoms with Crippen LogP contribution in [0, 0.1) is 5.92 Å². The zero-order valence-electron chi connectivity index (χ0n) is 12.2. The summed E-state index contributed by atoms with van der Waals surface area (Å²) in [5.41, 5.74) is 2.32. The van der Waals surface area contributed by atoms with Gasteiger partial charge < -0.3 is 5.43 Å². The van der Waals surface area contributed by atoms with Crippen molar-refractivity contribution in [1.29, 1.82) is 0 Å². The molecule has 1 aromatic heterocycles. The second-order valence-corrected chi connectivity index (χ2v) is 8.00. The molecular weight excluding hydrogens is 312 g/mol. The summed E-state index contributed by atoms with van der Waals surface area (Å²) in [6, 6.07) is 1.41. The van der Waals surface area contributed by atoms with Crippen LogP contribution < -0.4 is 11.3 Å². The van der Waals surface area contributed by atoms with Crippen LogP contribution in [-0.2, 0) is 10.0 Å². The smallest absolute Gasteiger partial charge is 0.244 e. The summed E-state index contributed by atoms with van der Waals surface area (Å²) in [4.78, 5) is 4.02. The number of nitrogens with two attached hydrogens (primary N) is 1. The summed E-state index contributed by atoms with van der Waals surface area (Å²) in [5.74, 6) is 6.05. The second-order valence-electron chi connectivity index (χ2n) is 5.59. The molecule has 1 fully saturated rings. The van der Waals surface area contributed by atoms with Crippen LogP contribution in [0.3, 0.4) is 0 Å². The van der Waals surface area contributed by atoms with Crippen LogP contribution >= 0.6 is 11.6 Å². The number of halogens is 1. The van der Waals surface area contributed by atoms with Gasteiger partial charge in [0.2, 0.25) is 10.0 Å². The van der Waals surface area contributed by atoms with Crippen LogP contribution in [0.5, 0.6) is 0 Å². The first-order valence-corrected chi connectivity index (χ1v) is 8.78. The van der Waals surface area contributed by atoms with E-state index in [0.717, 1.165) is 25.7 Å². The highest BCUT2D eigenvalue weighted by Crippen LogP contribution is 2.30. The van der Waals surface area contributed by atoms with Gasteiger partial charge in [0, 0.05) is 19.3 Å². The zero-order valence-corrected chi connectivity index (χ0v) is 13.8. The lowest BCUT2D eigenvalue weighted by molar-refractivity contribution is 0.239. The Kier molecular flexibility index (Phi) is 5.08. The molecule has 1 aliphatic rings. The summed E-state index contributed by atoms with van der Waals surface area (Å²) >= 11 is 5.96. The fourth-order valence-electron chi connectivity index (χ4n) is 2.76. The van der Waals surface area contributed by atoms with Crippen molar-refractivity contribution in [2.45, 2.75) is 43.5 Å². The van der Waals surface area contributed by atoms with Crippen molar-refractivity contribution >= 4 is 27.4 Å². The van der Waals surface area contributed by atoms with Crippen LogP contribution in [0.25, 0.3) is 0 Å². The van der Waals surface area contributed by atoms with Crippen LogP contribution in [-0.4, -0.2) is 30.8 Å². The van der Waals surface area contributed by atoms with E-state index < -0.39 is 10.0 Å². The van der Waals surface area contributed by atoms with Crippen molar-refractivity contribution in [2.75, 3.05) is 12.5 Å². The minimum absolute atomic E-state index is 0.0323. The molecule has 1 saturated carbocycles. The van der Waals surface area contributed by atoms with Gasteiger partial charge in [-0.3, -0.25) is 0 Å². The molecule has 0 saturated heterocycles. The minimum Gasteiger partial charge on any atom is -0.307 e. The summed E-state index contributed by atoms with van der Waals surface area (Å²) in [6.45, 7) is 2.16. The standard InChI is InChI=1S/C13H21ClN4O2S/c1-9-4-3-5-10(6-9)18(2)21(19,20)11-7-12(14)13(17-15)16-8-11/h7-10H,3-6,15H2,1-2H3,(H,16,17). The number of sulfonamides is 1. The Bertz CT molecular complexity index is 608. The Labute approximate surface area is 130 Å². The van der Waals surface area contributed by atoms with Gasteiger partial charge in [0.1, 0.15) is 4.90 Å². The molecule has 2 rings (SSSR count). The third kappa shape index (κ3) is 3.48. The van der Waals surface area contributed by atoms with Crippen LogP contribution in [0.1, 0.15) is 32.6 Å². The predicted molar refractivity (Wildman–Crippen MR) is 83.4 cm³/mol. The largest absolute Gasteiger partial charge is 0.307 e. The van der Waals surface area contributed by atoms with Gasteiger partial charge in [0.15, 0.2) is 5.82 Å². The fourth-order valence-corrected chi connectivity index (χ4v) is 4.42. The van der Waals surface area contributed by atoms with E-state index in [1.54, 1.807) is 7.05 Å². The van der Waals surface area contributed by atoms with E-state index in [-0.39, 0.29) is 21.8 Å². The van der Waals surface area contributed by atoms with Crippen molar-refractivity contribution in [2.24, 2.45) is 11.8 Å². The lowest BCUT2D eigenvalue weighted by atomic mass is 9.87. The molecule has 1 heterocycles. The normalized spacial score (nSPS) is 23.3. The molecule has 8 heteroatoms. The number of hydrazine groups is 1. The number of nitrogen functional groups attached to an aromatic ring is 1. The number of aromatic nitrogens is 1. The average Bonchev–Trinajstić information content (AvgIpc) is 2.46. The van der Waals surface area contributed by atoms with Gasteiger partial charge in [-0.2, -0.15) is 4.31 Å². The zero-order chi connectivity index (χ0) is 15.6. The van der Waals surface area contributed by atoms with Crippen LogP contribution in [0.4, 0.5) is 5.82 Å². The Hall–Kier alpha value is -0.890. The molecule has 2 atom stereocenters. The molecule has 1 aliphatic carbocycles. The van der Waals surface area contributed by atoms with E-state index in [1.807, 2.05) is 0 Å². The van der Waals surface area contributed by atoms with E-state index >= 15 is 0 Å². The maximum absolute atomic E-state index is 12.7. The van der Waals surface area contributed by atoms with Gasteiger partial charge >= 0.3 is 0 Å². The summed E-state index contributed by atoms with van der Waals surface area (Å²) in [6.07, 6.45) is 5.28. The van der Waals surface area contributed by atoms with Gasteiger partial charge in [-0.25, -0.2) is 19.2 Å². The Morgan fingerprint density at radius 1 is 1.48 bits per heavy atom. The van der Waals surface area contributed by atoms with E-state index in [0.29, 0.717) is 5.92 Å². The van der Waals surface area contributed by atoms with Crippen molar-refractivity contribution in [3.63, 3.8) is 0 Å². The lowest BCUT2D eigenvalue weighted by Gasteiger charge is -2.33. The van der Waals surface area contributed by atoms with Gasteiger partial charge in [-0.15, -0.1) is 0 Å². The van der Waals surface area contributed by atoms with Gasteiger partial charge in [-0.05, 0) is 24.8 Å². The number of anilines is 1. The summed E-state index contributed by atoms with van der Waals surface area (Å²) in [7, 11) is -1.97. The lowest BCUT2D eigenvalue weighted by Crippen LogP contribution is -2.39. The van der Waals surface area contributed by atoms with Crippen LogP contribution in [0.15, 0.2) is 17.2 Å². The number of pyridine rings is 1. The van der Waals surface area contributed by atoms with Crippen molar-refractivity contribution < 1.29 is 8.42 Å². The van der Waals surface area contributed by atoms with Crippen molar-refractivity contribution in [3.8, 4) is 0 Å². The summed E-state index contributed by atoms with van der Waals surface area (Å²) < 4.78 is 26.8. The molecular formula is C13H21ClN4O2S. The maximum Gasteiger partial charge on any atom is 0.244 e. The first-order chi connectivity index (χ1) is 9.86. The average molecular weight is 333 g/mol. The highest BCUT2D eigenvalue weighted by Gasteiger charge is 2.31. The van der Waals surface area contributed by atoms with Crippen molar-refractivity contribution in [1.82, 2.24) is 9.29 Å². The second kappa shape index (κ2) is 6.48. The Balaban J connectivity index is 2.26. The van der Waals surface area contributed by atoms with Gasteiger partial charge in [0.25, 0.3) is 0 Å². The molecule has 6 nitrogen and oxygen atoms in total. The number of rotatable bonds is 4. The number of nitrogens with one attached hydrogen (secondary N) is 1. The molecule has 21 heavy (non-hydrogen) atoms. The molecule has 2 unspecified atom stereocenters. The fraction of sp³-hybridized carbons (Fsp3) is 0.615. The summed E-state index contributed by atoms with van der Waals surface area (Å²) in [5, 5.41) is 0.184. The molecule has 118 valence electrons. The molecule has 1 aromatic rings. The molecule has 3 N–H and O–H groups in total. The molecule has 0 radical (unpaired) electrons. The van der Waals surface area contributed by atoms with Crippen molar-refractivity contribution in [3.05, 3.63) is 17.3 Å². The Morgan fingerprint density at radius 2 is 2.19 bits per heavy atom. The minimum atomic E-state index is -3.59. The van der Waals surface area contributed by atoms with E-state index in [2.05, 4.69) is 17.3 Å². The number of hydrogen-bond donors (Lipinski definition) is 2. The first kappa shape index (κ1) is 16.5. The van der Waals surface area contributed by atoms with Gasteiger partial charge in [0.05, 0.1) is 5.02 Å². The monoisotopic (exact) mass is 332 g/mol. The molecule has 0 aromatic carbocycles. The Morgan fingerprint density at radius 3 is 2.76 bits per heavy atom. The highest BCUT2D eigenvalue weighted by molar-refractivity contribution is 7.89. The number of hydrogen-bond acceptors (Lipinski definition) is 5. The maximum atomic E-state index is 12.7. The first-order valence-electron chi connectivity index (χ1n) is 6.96. The van der Waals surface area contributed by atoms with E-state index in [9.17, 15) is 8.42 Å². The van der Waals surface area contributed by atoms with Gasteiger partial charge in [-0.1, -0.05) is 31.4 Å². The third-order valence-corrected chi connectivity index (χ3v) is 6.22. The van der Waals surface area contributed by atoms with E-state index in [4.69, 9.17) is 17.4 Å². The molecule has 0 amide bonds. The van der Waals surface area contributed by atoms with E-state index in [1.165, 1.54) is 16.6 Å². The quantitative estimate of drug-likeness (QED) is 0.652. The number of nitrogens with zero attached hydrogens (tertiary/aromatic N) is 2. The molecule has 0 spiro atoms. The highest BCUT2D eigenvalue weighted by atomic mass is 35.5. The molecule has 0 aliphatic heterocycles. The predicted octanol–water partition coefficient (Wildman–Crippen LogP) is 2.22. The topological polar surface area (TPSA) is 88.3 Å². The van der Waals surface area contributed by atoms with Crippen LogP contribution in [0.2, 0.25) is 5.02 Å². The molecule has 0 bridgehead atoms. The third-order valence-electron chi connectivity index (χ3n) is 4.05. The SMILES string of the molecule is CC1CCCC(N(C)S(=O)(=O)c2cnc(NN)c(Cl)c2)C1.